The van der Waals surface area contributed by atoms with E-state index in [-0.39, 0.29) is 0 Å². The normalized spacial score (nSPS) is 13.2. The molecule has 0 heterocycles. The minimum atomic E-state index is -0.444. The van der Waals surface area contributed by atoms with Crippen molar-refractivity contribution in [3.8, 4) is 55.6 Å². The molecule has 0 aromatic heterocycles. The Hall–Kier alpha value is -8.06. The highest BCUT2D eigenvalue weighted by Gasteiger charge is 2.53. The first-order valence-electron chi connectivity index (χ1n) is 22.1. The van der Waals surface area contributed by atoms with Crippen LogP contribution in [0.3, 0.4) is 0 Å². The van der Waals surface area contributed by atoms with E-state index in [0.29, 0.717) is 0 Å². The maximum atomic E-state index is 2.43. The highest BCUT2D eigenvalue weighted by Crippen LogP contribution is 2.65. The Balaban J connectivity index is 0.980. The van der Waals surface area contributed by atoms with Crippen LogP contribution in [0.15, 0.2) is 231 Å². The van der Waals surface area contributed by atoms with Crippen molar-refractivity contribution in [2.24, 2.45) is 0 Å². The molecule has 0 nitrogen and oxygen atoms in total. The molecule has 0 atom stereocenters. The Bertz CT molecular complexity index is 3810. The fourth-order valence-corrected chi connectivity index (χ4v) is 12.0. The molecule has 0 heteroatoms. The van der Waals surface area contributed by atoms with Crippen LogP contribution in [0.4, 0.5) is 0 Å². The van der Waals surface area contributed by atoms with Gasteiger partial charge in [0.15, 0.2) is 0 Å². The van der Waals surface area contributed by atoms with Gasteiger partial charge in [0.1, 0.15) is 0 Å². The zero-order valence-corrected chi connectivity index (χ0v) is 34.4. The van der Waals surface area contributed by atoms with Crippen molar-refractivity contribution in [3.05, 3.63) is 253 Å². The summed E-state index contributed by atoms with van der Waals surface area (Å²) in [5.41, 5.74) is 17.9. The molecule has 2 aliphatic rings. The minimum Gasteiger partial charge on any atom is -0.0619 e. The molecule has 12 aromatic carbocycles. The Morgan fingerprint density at radius 3 is 1.33 bits per heavy atom. The van der Waals surface area contributed by atoms with E-state index < -0.39 is 5.41 Å². The van der Waals surface area contributed by atoms with Gasteiger partial charge < -0.3 is 0 Å². The molecule has 12 aromatic rings. The molecule has 0 aliphatic heterocycles. The van der Waals surface area contributed by atoms with Crippen LogP contribution in [-0.2, 0) is 5.41 Å². The van der Waals surface area contributed by atoms with Crippen molar-refractivity contribution < 1.29 is 0 Å². The zero-order chi connectivity index (χ0) is 41.2. The van der Waals surface area contributed by atoms with Gasteiger partial charge in [-0.1, -0.05) is 218 Å². The van der Waals surface area contributed by atoms with E-state index >= 15 is 0 Å². The lowest BCUT2D eigenvalue weighted by molar-refractivity contribution is 0.809. The average Bonchev–Trinajstić information content (AvgIpc) is 3.83. The van der Waals surface area contributed by atoms with Crippen LogP contribution >= 0.6 is 0 Å². The summed E-state index contributed by atoms with van der Waals surface area (Å²) in [4.78, 5) is 0. The van der Waals surface area contributed by atoms with Gasteiger partial charge in [0.05, 0.1) is 5.41 Å². The molecule has 0 saturated carbocycles. The van der Waals surface area contributed by atoms with Crippen molar-refractivity contribution in [1.29, 1.82) is 0 Å². The highest BCUT2D eigenvalue weighted by molar-refractivity contribution is 6.23. The maximum Gasteiger partial charge on any atom is 0.0737 e. The first-order chi connectivity index (χ1) is 31.3. The molecule has 0 amide bonds. The Morgan fingerprint density at radius 1 is 0.222 bits per heavy atom. The molecule has 0 saturated heterocycles. The van der Waals surface area contributed by atoms with Crippen molar-refractivity contribution in [2.75, 3.05) is 0 Å². The van der Waals surface area contributed by atoms with Gasteiger partial charge in [-0.05, 0) is 144 Å². The van der Waals surface area contributed by atoms with E-state index in [1.807, 2.05) is 0 Å². The van der Waals surface area contributed by atoms with Crippen molar-refractivity contribution in [2.45, 2.75) is 5.41 Å². The molecule has 14 rings (SSSR count). The fourth-order valence-electron chi connectivity index (χ4n) is 12.0. The second kappa shape index (κ2) is 13.0. The molecule has 1 spiro atoms. The van der Waals surface area contributed by atoms with Gasteiger partial charge in [-0.15, -0.1) is 0 Å². The van der Waals surface area contributed by atoms with Gasteiger partial charge in [0.25, 0.3) is 0 Å². The van der Waals surface area contributed by atoms with E-state index in [4.69, 9.17) is 0 Å². The first kappa shape index (κ1) is 34.6. The van der Waals surface area contributed by atoms with E-state index in [1.165, 1.54) is 132 Å². The van der Waals surface area contributed by atoms with Crippen molar-refractivity contribution in [3.63, 3.8) is 0 Å². The molecule has 0 unspecified atom stereocenters. The van der Waals surface area contributed by atoms with Crippen molar-refractivity contribution in [1.82, 2.24) is 0 Å². The SMILES string of the molecule is c1cc(-c2ccc3c4c(ccc3c2)-c2ccc3ccccc3c2C42c3ccccc3-c3ccccc32)cc(-c2c3ccccc3c(-c3cccc4ccccc34)c3ccccc23)c1. The molecule has 2 aliphatic carbocycles. The van der Waals surface area contributed by atoms with E-state index in [0.717, 1.165) is 0 Å². The molecule has 290 valence electrons. The van der Waals surface area contributed by atoms with Gasteiger partial charge >= 0.3 is 0 Å². The summed E-state index contributed by atoms with van der Waals surface area (Å²) in [5, 5.41) is 12.8. The van der Waals surface area contributed by atoms with Crippen LogP contribution in [0, 0.1) is 0 Å². The number of rotatable bonds is 3. The number of fused-ring (bicyclic) bond motifs is 17. The Morgan fingerprint density at radius 2 is 0.667 bits per heavy atom. The van der Waals surface area contributed by atoms with E-state index in [1.54, 1.807) is 0 Å². The summed E-state index contributed by atoms with van der Waals surface area (Å²) in [5.74, 6) is 0. The molecule has 63 heavy (non-hydrogen) atoms. The molecule has 0 radical (unpaired) electrons. The first-order valence-corrected chi connectivity index (χ1v) is 22.1. The Kier molecular flexibility index (Phi) is 7.13. The Labute approximate surface area is 366 Å². The van der Waals surface area contributed by atoms with Crippen LogP contribution in [-0.4, -0.2) is 0 Å². The van der Waals surface area contributed by atoms with Gasteiger partial charge in [-0.25, -0.2) is 0 Å². The van der Waals surface area contributed by atoms with Crippen LogP contribution in [0.1, 0.15) is 22.3 Å². The number of hydrogen-bond acceptors (Lipinski definition) is 0. The van der Waals surface area contributed by atoms with Crippen LogP contribution < -0.4 is 0 Å². The topological polar surface area (TPSA) is 0 Å². The summed E-state index contributed by atoms with van der Waals surface area (Å²) in [6.45, 7) is 0. The third-order valence-corrected chi connectivity index (χ3v) is 14.4. The highest BCUT2D eigenvalue weighted by atomic mass is 14.5. The zero-order valence-electron chi connectivity index (χ0n) is 34.4. The lowest BCUT2D eigenvalue weighted by atomic mass is 9.68. The summed E-state index contributed by atoms with van der Waals surface area (Å²) < 4.78 is 0. The third kappa shape index (κ3) is 4.65. The summed E-state index contributed by atoms with van der Waals surface area (Å²) in [6.07, 6.45) is 0. The van der Waals surface area contributed by atoms with Crippen LogP contribution in [0.25, 0.3) is 109 Å². The van der Waals surface area contributed by atoms with E-state index in [2.05, 4.69) is 231 Å². The monoisotopic (exact) mass is 794 g/mol. The van der Waals surface area contributed by atoms with Crippen LogP contribution in [0.2, 0.25) is 0 Å². The van der Waals surface area contributed by atoms with Crippen molar-refractivity contribution >= 4 is 53.9 Å². The minimum absolute atomic E-state index is 0.444. The predicted octanol–water partition coefficient (Wildman–Crippen LogP) is 16.8. The average molecular weight is 795 g/mol. The lowest BCUT2D eigenvalue weighted by Gasteiger charge is -2.32. The molecule has 0 N–H and O–H groups in total. The quantitative estimate of drug-likeness (QED) is 0.156. The van der Waals surface area contributed by atoms with Gasteiger partial charge in [-0.3, -0.25) is 0 Å². The summed E-state index contributed by atoms with van der Waals surface area (Å²) >= 11 is 0. The van der Waals surface area contributed by atoms with Gasteiger partial charge in [0.2, 0.25) is 0 Å². The second-order valence-electron chi connectivity index (χ2n) is 17.4. The number of benzene rings is 12. The maximum absolute atomic E-state index is 2.43. The number of hydrogen-bond donors (Lipinski definition) is 0. The largest absolute Gasteiger partial charge is 0.0737 e. The standard InChI is InChI=1S/C63H38/c1-3-20-45-39(15-1)17-14-28-50(45)60-53-26-7-5-24-51(53)59(52-25-6-8-27-54(52)60)44-19-13-18-41(38-44)42-32-34-47-43(37-42)33-36-56-55-35-31-40-16-2-4-21-46(40)61(55)63(62(47)56)57-29-11-9-22-48(57)49-23-10-12-30-58(49)63/h1-38H. The second-order valence-corrected chi connectivity index (χ2v) is 17.4. The predicted molar refractivity (Wildman–Crippen MR) is 267 cm³/mol. The third-order valence-electron chi connectivity index (χ3n) is 14.4. The summed E-state index contributed by atoms with van der Waals surface area (Å²) in [7, 11) is 0. The summed E-state index contributed by atoms with van der Waals surface area (Å²) in [6, 6.07) is 86.6. The molecular weight excluding hydrogens is 757 g/mol. The van der Waals surface area contributed by atoms with Gasteiger partial charge in [0, 0.05) is 0 Å². The molecule has 0 fully saturated rings. The van der Waals surface area contributed by atoms with E-state index in [9.17, 15) is 0 Å². The molecular formula is C63H38. The van der Waals surface area contributed by atoms with Crippen LogP contribution in [0.5, 0.6) is 0 Å². The van der Waals surface area contributed by atoms with Gasteiger partial charge in [-0.2, -0.15) is 0 Å². The lowest BCUT2D eigenvalue weighted by Crippen LogP contribution is -2.26. The smallest absolute Gasteiger partial charge is 0.0619 e. The molecule has 0 bridgehead atoms. The fraction of sp³-hybridized carbons (Fsp3) is 0.0159.